The molecule has 1 aliphatic heterocycles. The van der Waals surface area contributed by atoms with Crippen molar-refractivity contribution in [3.05, 3.63) is 42.6 Å². The Morgan fingerprint density at radius 3 is 2.61 bits per heavy atom. The molecule has 2 heterocycles. The molecule has 1 aliphatic rings. The normalized spacial score (nSPS) is 15.5. The van der Waals surface area contributed by atoms with Gasteiger partial charge in [-0.1, -0.05) is 18.2 Å². The van der Waals surface area contributed by atoms with Crippen molar-refractivity contribution in [3.63, 3.8) is 0 Å². The molecule has 2 aromatic rings. The largest absolute Gasteiger partial charge is 0.371 e. The number of hydrogen-bond donors (Lipinski definition) is 1. The van der Waals surface area contributed by atoms with E-state index in [0.29, 0.717) is 6.04 Å². The number of benzene rings is 1. The molecular weight excluding hydrogens is 286 g/mol. The van der Waals surface area contributed by atoms with E-state index in [2.05, 4.69) is 62.3 Å². The molecule has 0 aliphatic carbocycles. The summed E-state index contributed by atoms with van der Waals surface area (Å²) in [6.07, 6.45) is 4.04. The first-order chi connectivity index (χ1) is 11.3. The average molecular weight is 311 g/mol. The van der Waals surface area contributed by atoms with Crippen LogP contribution in [0.15, 0.2) is 42.6 Å². The summed E-state index contributed by atoms with van der Waals surface area (Å²) in [5.41, 5.74) is 1.31. The van der Waals surface area contributed by atoms with Crippen LogP contribution < -0.4 is 15.1 Å². The average Bonchev–Trinajstić information content (AvgIpc) is 2.62. The van der Waals surface area contributed by atoms with Gasteiger partial charge in [-0.05, 0) is 38.0 Å². The zero-order chi connectivity index (χ0) is 16.1. The van der Waals surface area contributed by atoms with Gasteiger partial charge in [0.05, 0.1) is 0 Å². The first kappa shape index (κ1) is 15.6. The van der Waals surface area contributed by atoms with Gasteiger partial charge in [0.2, 0.25) is 5.95 Å². The quantitative estimate of drug-likeness (QED) is 0.919. The van der Waals surface area contributed by atoms with E-state index in [4.69, 9.17) is 0 Å². The second-order valence-electron chi connectivity index (χ2n) is 5.99. The smallest absolute Gasteiger partial charge is 0.224 e. The molecule has 5 nitrogen and oxygen atoms in total. The number of para-hydroxylation sites is 1. The van der Waals surface area contributed by atoms with Gasteiger partial charge in [0.1, 0.15) is 5.82 Å². The minimum Gasteiger partial charge on any atom is -0.371 e. The lowest BCUT2D eigenvalue weighted by Gasteiger charge is -2.34. The molecular formula is C18H25N5. The van der Waals surface area contributed by atoms with E-state index >= 15 is 0 Å². The summed E-state index contributed by atoms with van der Waals surface area (Å²) in [5, 5.41) is 3.50. The van der Waals surface area contributed by atoms with Crippen molar-refractivity contribution in [1.29, 1.82) is 0 Å². The standard InChI is InChI=1S/C18H25N5/c1-3-22(2)17-9-12-19-18(21-17)20-15-10-13-23(14-11-15)16-7-5-4-6-8-16/h4-9,12,15H,3,10-11,13-14H2,1-2H3,(H,19,20,21). The van der Waals surface area contributed by atoms with Crippen molar-refractivity contribution >= 4 is 17.5 Å². The second kappa shape index (κ2) is 7.31. The first-order valence-electron chi connectivity index (χ1n) is 8.37. The molecule has 0 saturated carbocycles. The number of nitrogens with one attached hydrogen (secondary N) is 1. The molecule has 1 N–H and O–H groups in total. The maximum atomic E-state index is 4.60. The van der Waals surface area contributed by atoms with Crippen LogP contribution in [-0.4, -0.2) is 42.7 Å². The van der Waals surface area contributed by atoms with Crippen molar-refractivity contribution in [2.75, 3.05) is 41.8 Å². The molecule has 23 heavy (non-hydrogen) atoms. The Kier molecular flexibility index (Phi) is 4.95. The van der Waals surface area contributed by atoms with E-state index in [1.54, 1.807) is 0 Å². The first-order valence-corrected chi connectivity index (χ1v) is 8.37. The van der Waals surface area contributed by atoms with Crippen LogP contribution in [0.4, 0.5) is 17.5 Å². The van der Waals surface area contributed by atoms with E-state index < -0.39 is 0 Å². The molecule has 1 saturated heterocycles. The number of nitrogens with zero attached hydrogens (tertiary/aromatic N) is 4. The van der Waals surface area contributed by atoms with Crippen molar-refractivity contribution in [3.8, 4) is 0 Å². The van der Waals surface area contributed by atoms with Crippen LogP contribution in [0, 0.1) is 0 Å². The molecule has 0 amide bonds. The Balaban J connectivity index is 1.57. The maximum Gasteiger partial charge on any atom is 0.224 e. The van der Waals surface area contributed by atoms with Gasteiger partial charge < -0.3 is 15.1 Å². The SMILES string of the molecule is CCN(C)c1ccnc(NC2CCN(c3ccccc3)CC2)n1. The highest BCUT2D eigenvalue weighted by Gasteiger charge is 2.20. The molecule has 3 rings (SSSR count). The topological polar surface area (TPSA) is 44.3 Å². The van der Waals surface area contributed by atoms with Crippen LogP contribution in [0.1, 0.15) is 19.8 Å². The number of hydrogen-bond acceptors (Lipinski definition) is 5. The van der Waals surface area contributed by atoms with Gasteiger partial charge in [-0.2, -0.15) is 4.98 Å². The van der Waals surface area contributed by atoms with E-state index in [0.717, 1.165) is 44.2 Å². The van der Waals surface area contributed by atoms with Crippen LogP contribution in [0.5, 0.6) is 0 Å². The molecule has 5 heteroatoms. The molecule has 122 valence electrons. The van der Waals surface area contributed by atoms with Gasteiger partial charge in [0, 0.05) is 44.6 Å². The van der Waals surface area contributed by atoms with Crippen molar-refractivity contribution < 1.29 is 0 Å². The van der Waals surface area contributed by atoms with Crippen LogP contribution in [0.3, 0.4) is 0 Å². The third-order valence-corrected chi connectivity index (χ3v) is 4.46. The monoisotopic (exact) mass is 311 g/mol. The summed E-state index contributed by atoms with van der Waals surface area (Å²) in [6, 6.07) is 13.0. The predicted molar refractivity (Wildman–Crippen MR) is 96.3 cm³/mol. The zero-order valence-electron chi connectivity index (χ0n) is 13.9. The van der Waals surface area contributed by atoms with E-state index in [1.165, 1.54) is 5.69 Å². The van der Waals surface area contributed by atoms with Gasteiger partial charge in [-0.15, -0.1) is 0 Å². The lowest BCUT2D eigenvalue weighted by Crippen LogP contribution is -2.39. The Hall–Kier alpha value is -2.30. The van der Waals surface area contributed by atoms with Gasteiger partial charge in [0.25, 0.3) is 0 Å². The molecule has 0 radical (unpaired) electrons. The Morgan fingerprint density at radius 2 is 1.91 bits per heavy atom. The fraction of sp³-hybridized carbons (Fsp3) is 0.444. The van der Waals surface area contributed by atoms with Gasteiger partial charge >= 0.3 is 0 Å². The summed E-state index contributed by atoms with van der Waals surface area (Å²) in [7, 11) is 2.05. The van der Waals surface area contributed by atoms with E-state index in [1.807, 2.05) is 19.3 Å². The van der Waals surface area contributed by atoms with E-state index in [-0.39, 0.29) is 0 Å². The van der Waals surface area contributed by atoms with Gasteiger partial charge in [-0.3, -0.25) is 0 Å². The number of piperidine rings is 1. The Labute approximate surface area is 138 Å². The summed E-state index contributed by atoms with van der Waals surface area (Å²) in [5.74, 6) is 1.70. The Morgan fingerprint density at radius 1 is 1.17 bits per heavy atom. The molecule has 1 aromatic heterocycles. The van der Waals surface area contributed by atoms with Crippen LogP contribution in [0.25, 0.3) is 0 Å². The van der Waals surface area contributed by atoms with Gasteiger partial charge in [0.15, 0.2) is 0 Å². The number of anilines is 3. The minimum absolute atomic E-state index is 0.442. The minimum atomic E-state index is 0.442. The Bertz CT molecular complexity index is 608. The highest BCUT2D eigenvalue weighted by Crippen LogP contribution is 2.21. The van der Waals surface area contributed by atoms with Crippen LogP contribution in [0.2, 0.25) is 0 Å². The molecule has 0 spiro atoms. The number of aromatic nitrogens is 2. The second-order valence-corrected chi connectivity index (χ2v) is 5.99. The van der Waals surface area contributed by atoms with E-state index in [9.17, 15) is 0 Å². The van der Waals surface area contributed by atoms with Crippen molar-refractivity contribution in [2.45, 2.75) is 25.8 Å². The molecule has 1 fully saturated rings. The van der Waals surface area contributed by atoms with Crippen molar-refractivity contribution in [2.24, 2.45) is 0 Å². The third kappa shape index (κ3) is 3.92. The number of rotatable bonds is 5. The highest BCUT2D eigenvalue weighted by molar-refractivity contribution is 5.47. The molecule has 0 unspecified atom stereocenters. The van der Waals surface area contributed by atoms with Gasteiger partial charge in [-0.25, -0.2) is 4.98 Å². The summed E-state index contributed by atoms with van der Waals surface area (Å²) in [4.78, 5) is 13.5. The predicted octanol–water partition coefficient (Wildman–Crippen LogP) is 3.01. The highest BCUT2D eigenvalue weighted by atomic mass is 15.2. The maximum absolute atomic E-state index is 4.60. The molecule has 0 atom stereocenters. The summed E-state index contributed by atoms with van der Waals surface area (Å²) >= 11 is 0. The molecule has 0 bridgehead atoms. The zero-order valence-corrected chi connectivity index (χ0v) is 13.9. The van der Waals surface area contributed by atoms with Crippen LogP contribution >= 0.6 is 0 Å². The third-order valence-electron chi connectivity index (χ3n) is 4.46. The lowest BCUT2D eigenvalue weighted by atomic mass is 10.0. The molecule has 1 aromatic carbocycles. The summed E-state index contributed by atoms with van der Waals surface area (Å²) in [6.45, 7) is 5.19. The lowest BCUT2D eigenvalue weighted by molar-refractivity contribution is 0.524. The van der Waals surface area contributed by atoms with Crippen molar-refractivity contribution in [1.82, 2.24) is 9.97 Å². The summed E-state index contributed by atoms with van der Waals surface area (Å²) < 4.78 is 0. The van der Waals surface area contributed by atoms with Crippen LogP contribution in [-0.2, 0) is 0 Å². The fourth-order valence-electron chi connectivity index (χ4n) is 2.90. The fourth-order valence-corrected chi connectivity index (χ4v) is 2.90.